The summed E-state index contributed by atoms with van der Waals surface area (Å²) in [5, 5.41) is 22.3. The van der Waals surface area contributed by atoms with Crippen LogP contribution in [-0.4, -0.2) is 102 Å². The lowest BCUT2D eigenvalue weighted by atomic mass is 9.88. The number of aliphatic hydroxyl groups is 1. The second-order valence-electron chi connectivity index (χ2n) is 15.2. The number of amides is 4. The van der Waals surface area contributed by atoms with E-state index in [1.54, 1.807) is 6.92 Å². The minimum atomic E-state index is -1.63. The lowest BCUT2D eigenvalue weighted by Gasteiger charge is -2.30. The van der Waals surface area contributed by atoms with Crippen LogP contribution in [0.4, 0.5) is 0 Å². The molecule has 5 atom stereocenters. The molecule has 1 aliphatic rings. The molecule has 0 radical (unpaired) electrons. The van der Waals surface area contributed by atoms with Crippen molar-refractivity contribution in [2.45, 2.75) is 110 Å². The van der Waals surface area contributed by atoms with Crippen molar-refractivity contribution < 1.29 is 33.8 Å². The number of aryl methyl sites for hydroxylation is 1. The van der Waals surface area contributed by atoms with Crippen molar-refractivity contribution in [1.29, 1.82) is 0 Å². The van der Waals surface area contributed by atoms with E-state index in [4.69, 9.17) is 4.74 Å². The molecule has 0 saturated carbocycles. The largest absolute Gasteiger partial charge is 0.382 e. The van der Waals surface area contributed by atoms with Gasteiger partial charge in [0.2, 0.25) is 23.6 Å². The Labute approximate surface area is 315 Å². The van der Waals surface area contributed by atoms with Gasteiger partial charge in [-0.2, -0.15) is 0 Å². The van der Waals surface area contributed by atoms with Crippen LogP contribution in [0, 0.1) is 11.8 Å². The lowest BCUT2D eigenvalue weighted by molar-refractivity contribution is -0.141. The Morgan fingerprint density at radius 3 is 1.77 bits per heavy atom. The van der Waals surface area contributed by atoms with Crippen LogP contribution in [0.15, 0.2) is 60.7 Å². The van der Waals surface area contributed by atoms with Crippen molar-refractivity contribution in [1.82, 2.24) is 26.2 Å². The van der Waals surface area contributed by atoms with Crippen molar-refractivity contribution in [2.75, 3.05) is 32.8 Å². The molecule has 2 aromatic carbocycles. The van der Waals surface area contributed by atoms with E-state index in [-0.39, 0.29) is 43.6 Å². The first-order chi connectivity index (χ1) is 25.2. The number of rotatable bonds is 21. The van der Waals surface area contributed by atoms with Gasteiger partial charge in [0.05, 0.1) is 25.8 Å². The average molecular weight is 736 g/mol. The highest BCUT2D eigenvalue weighted by Crippen LogP contribution is 2.18. The fraction of sp³-hybridized carbons (Fsp3) is 0.585. The summed E-state index contributed by atoms with van der Waals surface area (Å²) in [6.45, 7) is 13.3. The Balaban J connectivity index is 1.84. The number of hydrogen-bond acceptors (Lipinski definition) is 8. The van der Waals surface area contributed by atoms with Crippen LogP contribution in [0.25, 0.3) is 0 Å². The summed E-state index contributed by atoms with van der Waals surface area (Å²) in [6.07, 6.45) is 1.73. The number of carbonyl (C=O) groups excluding carboxylic acids is 5. The van der Waals surface area contributed by atoms with Crippen molar-refractivity contribution >= 4 is 29.4 Å². The smallest absolute Gasteiger partial charge is 0.243 e. The summed E-state index contributed by atoms with van der Waals surface area (Å²) in [6, 6.07) is 14.9. The van der Waals surface area contributed by atoms with E-state index in [9.17, 15) is 29.1 Å². The molecule has 1 unspecified atom stereocenters. The zero-order valence-corrected chi connectivity index (χ0v) is 32.4. The van der Waals surface area contributed by atoms with Crippen molar-refractivity contribution in [2.24, 2.45) is 11.8 Å². The van der Waals surface area contributed by atoms with E-state index >= 15 is 0 Å². The molecule has 292 valence electrons. The molecule has 2 aromatic rings. The standard InChI is InChI=1S/C41H61N5O7/c1-7-41(6,52)37(48)33(24-28(2)3)43-40(51)35(26-31-16-12-9-13-17-31)45-39(50)34(25-29(4)5)44-38(49)32(19-18-30-14-10-8-11-15-30)42-36(47)27-46-20-22-53-23-21-46/h8-17,28-29,32-35,52H,7,18-27H2,1-6H3,(H,42,47)(H,43,51)(H,44,49)(H,45,50)/t32-,33-,34-,35-,41?/m0/s1. The van der Waals surface area contributed by atoms with Gasteiger partial charge in [-0.25, -0.2) is 0 Å². The van der Waals surface area contributed by atoms with E-state index in [2.05, 4.69) is 21.3 Å². The first-order valence-corrected chi connectivity index (χ1v) is 19.0. The molecule has 12 heteroatoms. The van der Waals surface area contributed by atoms with Gasteiger partial charge >= 0.3 is 0 Å². The van der Waals surface area contributed by atoms with Gasteiger partial charge in [0.25, 0.3) is 0 Å². The summed E-state index contributed by atoms with van der Waals surface area (Å²) >= 11 is 0. The number of morpholine rings is 1. The van der Waals surface area contributed by atoms with Gasteiger partial charge < -0.3 is 31.1 Å². The number of ketones is 1. The van der Waals surface area contributed by atoms with Gasteiger partial charge in [-0.1, -0.05) is 95.3 Å². The molecule has 3 rings (SSSR count). The van der Waals surface area contributed by atoms with Crippen LogP contribution in [0.1, 0.15) is 78.4 Å². The fourth-order valence-electron chi connectivity index (χ4n) is 6.26. The monoisotopic (exact) mass is 735 g/mol. The van der Waals surface area contributed by atoms with E-state index in [1.807, 2.05) is 93.3 Å². The van der Waals surface area contributed by atoms with Gasteiger partial charge in [0, 0.05) is 19.5 Å². The van der Waals surface area contributed by atoms with Crippen molar-refractivity contribution in [3.05, 3.63) is 71.8 Å². The summed E-state index contributed by atoms with van der Waals surface area (Å²) in [4.78, 5) is 70.6. The molecule has 0 aliphatic carbocycles. The van der Waals surface area contributed by atoms with Crippen molar-refractivity contribution in [3.8, 4) is 0 Å². The molecule has 1 aliphatic heterocycles. The Morgan fingerprint density at radius 1 is 0.717 bits per heavy atom. The second kappa shape index (κ2) is 21.5. The zero-order chi connectivity index (χ0) is 39.0. The van der Waals surface area contributed by atoms with Crippen LogP contribution in [0.3, 0.4) is 0 Å². The molecule has 5 N–H and O–H groups in total. The Morgan fingerprint density at radius 2 is 1.21 bits per heavy atom. The summed E-state index contributed by atoms with van der Waals surface area (Å²) in [5.41, 5.74) is 0.161. The molecular weight excluding hydrogens is 674 g/mol. The molecule has 0 spiro atoms. The van der Waals surface area contributed by atoms with Gasteiger partial charge in [-0.3, -0.25) is 28.9 Å². The third-order valence-electron chi connectivity index (χ3n) is 9.50. The number of Topliss-reactive ketones (excluding diaryl/α,β-unsaturated/α-hetero) is 1. The highest BCUT2D eigenvalue weighted by Gasteiger charge is 2.37. The van der Waals surface area contributed by atoms with Gasteiger partial charge in [-0.15, -0.1) is 0 Å². The van der Waals surface area contributed by atoms with E-state index in [0.717, 1.165) is 11.1 Å². The molecule has 1 saturated heterocycles. The Hall–Kier alpha value is -4.13. The number of nitrogens with one attached hydrogen (secondary N) is 4. The molecule has 53 heavy (non-hydrogen) atoms. The minimum absolute atomic E-state index is 0.00421. The Kier molecular flexibility index (Phi) is 17.6. The molecule has 4 amide bonds. The van der Waals surface area contributed by atoms with Gasteiger partial charge in [0.1, 0.15) is 23.7 Å². The van der Waals surface area contributed by atoms with Crippen LogP contribution in [0.5, 0.6) is 0 Å². The van der Waals surface area contributed by atoms with Gasteiger partial charge in [-0.05, 0) is 62.0 Å². The highest BCUT2D eigenvalue weighted by atomic mass is 16.5. The maximum absolute atomic E-state index is 14.1. The number of nitrogens with zero attached hydrogens (tertiary/aromatic N) is 1. The summed E-state index contributed by atoms with van der Waals surface area (Å²) in [7, 11) is 0. The quantitative estimate of drug-likeness (QED) is 0.131. The first kappa shape index (κ1) is 43.3. The summed E-state index contributed by atoms with van der Waals surface area (Å²) in [5.74, 6) is -2.38. The Bertz CT molecular complexity index is 1460. The average Bonchev–Trinajstić information content (AvgIpc) is 3.12. The molecule has 0 aromatic heterocycles. The normalized spacial score (nSPS) is 16.8. The third-order valence-corrected chi connectivity index (χ3v) is 9.50. The zero-order valence-electron chi connectivity index (χ0n) is 32.4. The number of carbonyl (C=O) groups is 5. The number of ether oxygens (including phenoxy) is 1. The second-order valence-corrected chi connectivity index (χ2v) is 15.2. The first-order valence-electron chi connectivity index (χ1n) is 19.0. The van der Waals surface area contributed by atoms with E-state index < -0.39 is 53.3 Å². The van der Waals surface area contributed by atoms with Crippen LogP contribution in [0.2, 0.25) is 0 Å². The summed E-state index contributed by atoms with van der Waals surface area (Å²) < 4.78 is 5.40. The van der Waals surface area contributed by atoms with Crippen LogP contribution >= 0.6 is 0 Å². The number of hydrogen-bond donors (Lipinski definition) is 5. The minimum Gasteiger partial charge on any atom is -0.382 e. The van der Waals surface area contributed by atoms with E-state index in [0.29, 0.717) is 45.6 Å². The maximum atomic E-state index is 14.1. The predicted molar refractivity (Wildman–Crippen MR) is 205 cm³/mol. The fourth-order valence-corrected chi connectivity index (χ4v) is 6.26. The topological polar surface area (TPSA) is 166 Å². The molecule has 0 bridgehead atoms. The third kappa shape index (κ3) is 15.0. The molecule has 1 heterocycles. The predicted octanol–water partition coefficient (Wildman–Crippen LogP) is 2.96. The maximum Gasteiger partial charge on any atom is 0.243 e. The lowest BCUT2D eigenvalue weighted by Crippen LogP contribution is -2.59. The number of benzene rings is 2. The SMILES string of the molecule is CCC(C)(O)C(=O)[C@H](CC(C)C)NC(=O)[C@H](Cc1ccccc1)NC(=O)[C@H](CC(C)C)NC(=O)[C@H](CCc1ccccc1)NC(=O)CN1CCOCC1. The highest BCUT2D eigenvalue weighted by molar-refractivity contribution is 5.97. The van der Waals surface area contributed by atoms with Gasteiger partial charge in [0.15, 0.2) is 5.78 Å². The van der Waals surface area contributed by atoms with E-state index in [1.165, 1.54) is 6.92 Å². The molecule has 12 nitrogen and oxygen atoms in total. The molecule has 1 fully saturated rings. The van der Waals surface area contributed by atoms with Crippen LogP contribution in [-0.2, 0) is 41.6 Å². The molecular formula is C41H61N5O7. The van der Waals surface area contributed by atoms with Crippen molar-refractivity contribution in [3.63, 3.8) is 0 Å². The van der Waals surface area contributed by atoms with Crippen LogP contribution < -0.4 is 21.3 Å².